The molecule has 60 valence electrons. The van der Waals surface area contributed by atoms with Crippen LogP contribution in [0.15, 0.2) is 0 Å². The zero-order valence-corrected chi connectivity index (χ0v) is 7.11. The van der Waals surface area contributed by atoms with Crippen LogP contribution in [-0.2, 0) is 4.79 Å². The van der Waals surface area contributed by atoms with E-state index in [9.17, 15) is 4.79 Å². The van der Waals surface area contributed by atoms with Crippen molar-refractivity contribution in [1.82, 2.24) is 5.32 Å². The normalized spacial score (nSPS) is 12.7. The summed E-state index contributed by atoms with van der Waals surface area (Å²) in [7, 11) is 0. The fourth-order valence-corrected chi connectivity index (χ4v) is 0.699. The van der Waals surface area contributed by atoms with E-state index in [1.807, 2.05) is 0 Å². The monoisotopic (exact) mass is 143 g/mol. The predicted molar refractivity (Wildman–Crippen MR) is 42.8 cm³/mol. The molecule has 1 N–H and O–H groups in total. The average molecular weight is 143 g/mol. The zero-order valence-electron chi connectivity index (χ0n) is 7.11. The molecule has 2 heteroatoms. The third kappa shape index (κ3) is 5.60. The highest BCUT2D eigenvalue weighted by molar-refractivity contribution is 5.72. The quantitative estimate of drug-likeness (QED) is 0.635. The molecule has 1 amide bonds. The molecular weight excluding hydrogens is 126 g/mol. The number of amides is 1. The Morgan fingerprint density at radius 2 is 2.20 bits per heavy atom. The summed E-state index contributed by atoms with van der Waals surface area (Å²) in [4.78, 5) is 10.4. The lowest BCUT2D eigenvalue weighted by Crippen LogP contribution is -2.22. The minimum absolute atomic E-state index is 0.0725. The summed E-state index contributed by atoms with van der Waals surface area (Å²) < 4.78 is 0. The molecule has 0 aliphatic heterocycles. The summed E-state index contributed by atoms with van der Waals surface area (Å²) in [5.41, 5.74) is 0. The molecule has 2 nitrogen and oxygen atoms in total. The maximum atomic E-state index is 10.4. The van der Waals surface area contributed by atoms with E-state index in [1.165, 1.54) is 6.42 Å². The molecular formula is C8H17NO. The van der Waals surface area contributed by atoms with Gasteiger partial charge in [0.25, 0.3) is 0 Å². The van der Waals surface area contributed by atoms with E-state index in [0.717, 1.165) is 18.9 Å². The predicted octanol–water partition coefficient (Wildman–Crippen LogP) is 1.56. The molecule has 0 spiro atoms. The molecule has 0 saturated heterocycles. The molecule has 0 aromatic heterocycles. The molecule has 0 aliphatic carbocycles. The van der Waals surface area contributed by atoms with Gasteiger partial charge < -0.3 is 5.32 Å². The topological polar surface area (TPSA) is 29.1 Å². The van der Waals surface area contributed by atoms with Gasteiger partial charge in [-0.25, -0.2) is 0 Å². The van der Waals surface area contributed by atoms with Crippen molar-refractivity contribution < 1.29 is 4.79 Å². The van der Waals surface area contributed by atoms with Gasteiger partial charge in [-0.3, -0.25) is 4.79 Å². The van der Waals surface area contributed by atoms with Crippen LogP contribution in [0.2, 0.25) is 0 Å². The molecule has 0 bridgehead atoms. The zero-order chi connectivity index (χ0) is 7.98. The van der Waals surface area contributed by atoms with Crippen molar-refractivity contribution in [2.75, 3.05) is 6.54 Å². The average Bonchev–Trinajstić information content (AvgIpc) is 1.87. The van der Waals surface area contributed by atoms with Crippen LogP contribution in [0.3, 0.4) is 0 Å². The number of hydrogen-bond donors (Lipinski definition) is 1. The second-order valence-electron chi connectivity index (χ2n) is 2.79. The van der Waals surface area contributed by atoms with E-state index in [1.54, 1.807) is 6.92 Å². The Labute approximate surface area is 63.0 Å². The molecule has 1 unspecified atom stereocenters. The van der Waals surface area contributed by atoms with Gasteiger partial charge in [0.15, 0.2) is 0 Å². The lowest BCUT2D eigenvalue weighted by molar-refractivity contribution is -0.118. The molecule has 0 aromatic carbocycles. The van der Waals surface area contributed by atoms with E-state index in [-0.39, 0.29) is 5.91 Å². The summed E-state index contributed by atoms with van der Waals surface area (Å²) in [5, 5.41) is 2.77. The highest BCUT2D eigenvalue weighted by atomic mass is 16.1. The van der Waals surface area contributed by atoms with Gasteiger partial charge in [-0.15, -0.1) is 0 Å². The first-order valence-electron chi connectivity index (χ1n) is 3.91. The molecule has 0 heterocycles. The fourth-order valence-electron chi connectivity index (χ4n) is 0.699. The first-order valence-corrected chi connectivity index (χ1v) is 3.91. The molecule has 1 atom stereocenters. The Bertz CT molecular complexity index is 101. The second kappa shape index (κ2) is 5.27. The minimum Gasteiger partial charge on any atom is -0.356 e. The SMILES string of the molecule is CCC(C)CCNC(C)=O. The highest BCUT2D eigenvalue weighted by Crippen LogP contribution is 2.03. The van der Waals surface area contributed by atoms with Crippen molar-refractivity contribution in [3.8, 4) is 0 Å². The summed E-state index contributed by atoms with van der Waals surface area (Å²) in [6.07, 6.45) is 2.29. The smallest absolute Gasteiger partial charge is 0.216 e. The maximum absolute atomic E-state index is 10.4. The van der Waals surface area contributed by atoms with Crippen molar-refractivity contribution in [2.45, 2.75) is 33.6 Å². The van der Waals surface area contributed by atoms with Crippen molar-refractivity contribution in [3.63, 3.8) is 0 Å². The lowest BCUT2D eigenvalue weighted by atomic mass is 10.1. The van der Waals surface area contributed by atoms with Gasteiger partial charge in [0, 0.05) is 13.5 Å². The molecule has 0 aliphatic rings. The van der Waals surface area contributed by atoms with Crippen LogP contribution in [0.4, 0.5) is 0 Å². The lowest BCUT2D eigenvalue weighted by Gasteiger charge is -2.07. The van der Waals surface area contributed by atoms with Crippen LogP contribution >= 0.6 is 0 Å². The van der Waals surface area contributed by atoms with Gasteiger partial charge in [0.1, 0.15) is 0 Å². The molecule has 10 heavy (non-hydrogen) atoms. The van der Waals surface area contributed by atoms with Crippen LogP contribution in [0.25, 0.3) is 0 Å². The minimum atomic E-state index is 0.0725. The van der Waals surface area contributed by atoms with Gasteiger partial charge in [0.05, 0.1) is 0 Å². The first-order chi connectivity index (χ1) is 4.66. The van der Waals surface area contributed by atoms with Gasteiger partial charge in [-0.2, -0.15) is 0 Å². The number of carbonyl (C=O) groups excluding carboxylic acids is 1. The van der Waals surface area contributed by atoms with E-state index in [0.29, 0.717) is 0 Å². The Morgan fingerprint density at radius 3 is 2.60 bits per heavy atom. The molecule has 0 saturated carbocycles. The Hall–Kier alpha value is -0.530. The number of hydrogen-bond acceptors (Lipinski definition) is 1. The van der Waals surface area contributed by atoms with Gasteiger partial charge in [-0.1, -0.05) is 20.3 Å². The summed E-state index contributed by atoms with van der Waals surface area (Å²) in [5.74, 6) is 0.801. The van der Waals surface area contributed by atoms with E-state index in [2.05, 4.69) is 19.2 Å². The van der Waals surface area contributed by atoms with Crippen molar-refractivity contribution in [3.05, 3.63) is 0 Å². The van der Waals surface area contributed by atoms with Gasteiger partial charge >= 0.3 is 0 Å². The molecule has 0 rings (SSSR count). The van der Waals surface area contributed by atoms with E-state index >= 15 is 0 Å². The van der Waals surface area contributed by atoms with Crippen molar-refractivity contribution >= 4 is 5.91 Å². The van der Waals surface area contributed by atoms with Crippen LogP contribution in [0, 0.1) is 5.92 Å². The van der Waals surface area contributed by atoms with Crippen LogP contribution in [0.5, 0.6) is 0 Å². The highest BCUT2D eigenvalue weighted by Gasteiger charge is 1.97. The van der Waals surface area contributed by atoms with E-state index < -0.39 is 0 Å². The van der Waals surface area contributed by atoms with Crippen LogP contribution in [-0.4, -0.2) is 12.5 Å². The third-order valence-electron chi connectivity index (χ3n) is 1.71. The number of carbonyl (C=O) groups is 1. The number of nitrogens with one attached hydrogen (secondary N) is 1. The summed E-state index contributed by atoms with van der Waals surface area (Å²) >= 11 is 0. The Kier molecular flexibility index (Phi) is 4.99. The maximum Gasteiger partial charge on any atom is 0.216 e. The van der Waals surface area contributed by atoms with Crippen LogP contribution in [0.1, 0.15) is 33.6 Å². The summed E-state index contributed by atoms with van der Waals surface area (Å²) in [6, 6.07) is 0. The van der Waals surface area contributed by atoms with Crippen molar-refractivity contribution in [2.24, 2.45) is 5.92 Å². The molecule has 0 fully saturated rings. The van der Waals surface area contributed by atoms with Crippen LogP contribution < -0.4 is 5.32 Å². The van der Waals surface area contributed by atoms with E-state index in [4.69, 9.17) is 0 Å². The fraction of sp³-hybridized carbons (Fsp3) is 0.875. The van der Waals surface area contributed by atoms with Gasteiger partial charge in [-0.05, 0) is 12.3 Å². The standard InChI is InChI=1S/C8H17NO/c1-4-7(2)5-6-9-8(3)10/h7H,4-6H2,1-3H3,(H,9,10). The molecule has 0 aromatic rings. The summed E-state index contributed by atoms with van der Waals surface area (Å²) in [6.45, 7) is 6.74. The first kappa shape index (κ1) is 9.47. The second-order valence-corrected chi connectivity index (χ2v) is 2.79. The largest absolute Gasteiger partial charge is 0.356 e. The van der Waals surface area contributed by atoms with Gasteiger partial charge in [0.2, 0.25) is 5.91 Å². The Morgan fingerprint density at radius 1 is 1.60 bits per heavy atom. The Balaban J connectivity index is 3.11. The molecule has 0 radical (unpaired) electrons. The van der Waals surface area contributed by atoms with Crippen molar-refractivity contribution in [1.29, 1.82) is 0 Å². The number of rotatable bonds is 4. The third-order valence-corrected chi connectivity index (χ3v) is 1.71.